The summed E-state index contributed by atoms with van der Waals surface area (Å²) in [7, 11) is 0. The van der Waals surface area contributed by atoms with E-state index in [0.29, 0.717) is 11.5 Å². The number of carbonyl (C=O) groups excluding carboxylic acids is 1. The first-order valence-electron chi connectivity index (χ1n) is 8.58. The Balaban J connectivity index is 1.65. The molecule has 1 saturated heterocycles. The molecule has 1 aliphatic heterocycles. The number of nitrogens with one attached hydrogen (secondary N) is 2. The minimum atomic E-state index is 0.115. The van der Waals surface area contributed by atoms with Gasteiger partial charge in [-0.15, -0.1) is 0 Å². The fourth-order valence-electron chi connectivity index (χ4n) is 3.19. The fourth-order valence-corrected chi connectivity index (χ4v) is 3.48. The molecule has 0 saturated carbocycles. The van der Waals surface area contributed by atoms with Gasteiger partial charge in [0.15, 0.2) is 5.11 Å². The highest BCUT2D eigenvalue weighted by Crippen LogP contribution is 2.24. The summed E-state index contributed by atoms with van der Waals surface area (Å²) in [4.78, 5) is 13.7. The lowest BCUT2D eigenvalue weighted by Crippen LogP contribution is -2.31. The Hall–Kier alpha value is -2.40. The summed E-state index contributed by atoms with van der Waals surface area (Å²) in [6, 6.07) is 16.2. The van der Waals surface area contributed by atoms with E-state index in [4.69, 9.17) is 12.2 Å². The van der Waals surface area contributed by atoms with E-state index in [2.05, 4.69) is 36.6 Å². The lowest BCUT2D eigenvalue weighted by molar-refractivity contribution is -0.117. The van der Waals surface area contributed by atoms with E-state index in [0.717, 1.165) is 24.3 Å². The molecule has 1 heterocycles. The maximum atomic E-state index is 11.9. The molecule has 130 valence electrons. The third-order valence-corrected chi connectivity index (χ3v) is 4.71. The van der Waals surface area contributed by atoms with Crippen molar-refractivity contribution in [3.8, 4) is 0 Å². The smallest absolute Gasteiger partial charge is 0.227 e. The normalized spacial score (nSPS) is 15.1. The summed E-state index contributed by atoms with van der Waals surface area (Å²) >= 11 is 5.45. The van der Waals surface area contributed by atoms with Gasteiger partial charge in [-0.2, -0.15) is 0 Å². The highest BCUT2D eigenvalue weighted by Gasteiger charge is 2.21. The van der Waals surface area contributed by atoms with Crippen LogP contribution >= 0.6 is 12.2 Å². The average Bonchev–Trinajstić information content (AvgIpc) is 3.01. The Morgan fingerprint density at radius 1 is 1.20 bits per heavy atom. The molecular formula is C20H23N3OS. The van der Waals surface area contributed by atoms with E-state index >= 15 is 0 Å². The molecule has 0 radical (unpaired) electrons. The second kappa shape index (κ2) is 7.66. The average molecular weight is 353 g/mol. The zero-order valence-corrected chi connectivity index (χ0v) is 15.4. The van der Waals surface area contributed by atoms with Crippen molar-refractivity contribution in [2.24, 2.45) is 0 Å². The van der Waals surface area contributed by atoms with Crippen LogP contribution in [0.1, 0.15) is 36.9 Å². The standard InChI is InChI=1S/C20H23N3OS/c1-14-7-3-4-10-18(14)15(2)21-20(25)22-16-8-5-9-17(13-16)23-12-6-11-19(23)24/h3-5,7-10,13,15H,6,11-12H2,1-2H3,(H2,21,22,25)/t15-/m1/s1. The van der Waals surface area contributed by atoms with Crippen molar-refractivity contribution in [1.29, 1.82) is 0 Å². The lowest BCUT2D eigenvalue weighted by Gasteiger charge is -2.20. The zero-order valence-electron chi connectivity index (χ0n) is 14.6. The Labute approximate surface area is 154 Å². The van der Waals surface area contributed by atoms with Crippen LogP contribution in [0.3, 0.4) is 0 Å². The molecule has 1 atom stereocenters. The van der Waals surface area contributed by atoms with E-state index in [-0.39, 0.29) is 11.9 Å². The number of aryl methyl sites for hydroxylation is 1. The van der Waals surface area contributed by atoms with Gasteiger partial charge in [0.2, 0.25) is 5.91 Å². The number of thiocarbonyl (C=S) groups is 1. The third kappa shape index (κ3) is 4.17. The van der Waals surface area contributed by atoms with E-state index < -0.39 is 0 Å². The van der Waals surface area contributed by atoms with Crippen molar-refractivity contribution < 1.29 is 4.79 Å². The second-order valence-electron chi connectivity index (χ2n) is 6.38. The molecule has 0 unspecified atom stereocenters. The Bertz CT molecular complexity index is 790. The summed E-state index contributed by atoms with van der Waals surface area (Å²) in [6.45, 7) is 4.98. The number of amides is 1. The molecule has 0 spiro atoms. The molecule has 2 aromatic rings. The number of benzene rings is 2. The van der Waals surface area contributed by atoms with Crippen molar-refractivity contribution >= 4 is 34.6 Å². The number of rotatable bonds is 4. The largest absolute Gasteiger partial charge is 0.356 e. The highest BCUT2D eigenvalue weighted by atomic mass is 32.1. The van der Waals surface area contributed by atoms with Gasteiger partial charge in [0.25, 0.3) is 0 Å². The van der Waals surface area contributed by atoms with Crippen molar-refractivity contribution in [3.05, 3.63) is 59.7 Å². The van der Waals surface area contributed by atoms with E-state index in [1.807, 2.05) is 41.3 Å². The predicted molar refractivity (Wildman–Crippen MR) is 107 cm³/mol. The number of carbonyl (C=O) groups is 1. The molecule has 2 aromatic carbocycles. The van der Waals surface area contributed by atoms with Gasteiger partial charge in [0.1, 0.15) is 0 Å². The molecule has 0 aromatic heterocycles. The van der Waals surface area contributed by atoms with E-state index in [1.54, 1.807) is 0 Å². The quantitative estimate of drug-likeness (QED) is 0.810. The van der Waals surface area contributed by atoms with Crippen molar-refractivity contribution in [3.63, 3.8) is 0 Å². The molecule has 25 heavy (non-hydrogen) atoms. The number of anilines is 2. The van der Waals surface area contributed by atoms with Crippen LogP contribution in [0, 0.1) is 6.92 Å². The van der Waals surface area contributed by atoms with Crippen molar-refractivity contribution in [2.75, 3.05) is 16.8 Å². The summed E-state index contributed by atoms with van der Waals surface area (Å²) in [5.41, 5.74) is 4.26. The highest BCUT2D eigenvalue weighted by molar-refractivity contribution is 7.80. The van der Waals surface area contributed by atoms with Crippen molar-refractivity contribution in [1.82, 2.24) is 5.32 Å². The van der Waals surface area contributed by atoms with E-state index in [9.17, 15) is 4.79 Å². The zero-order chi connectivity index (χ0) is 17.8. The number of hydrogen-bond acceptors (Lipinski definition) is 2. The number of hydrogen-bond donors (Lipinski definition) is 2. The van der Waals surface area contributed by atoms with Gasteiger partial charge in [-0.25, -0.2) is 0 Å². The molecule has 1 amide bonds. The lowest BCUT2D eigenvalue weighted by atomic mass is 10.0. The predicted octanol–water partition coefficient (Wildman–Crippen LogP) is 4.17. The molecule has 0 bridgehead atoms. The van der Waals surface area contributed by atoms with Gasteiger partial charge in [-0.1, -0.05) is 30.3 Å². The van der Waals surface area contributed by atoms with Gasteiger partial charge < -0.3 is 15.5 Å². The first-order chi connectivity index (χ1) is 12.0. The maximum Gasteiger partial charge on any atom is 0.227 e. The van der Waals surface area contributed by atoms with Crippen LogP contribution in [0.4, 0.5) is 11.4 Å². The van der Waals surface area contributed by atoms with Gasteiger partial charge in [0, 0.05) is 24.3 Å². The van der Waals surface area contributed by atoms with Crippen LogP contribution < -0.4 is 15.5 Å². The van der Waals surface area contributed by atoms with E-state index in [1.165, 1.54) is 11.1 Å². The van der Waals surface area contributed by atoms with Crippen LogP contribution in [-0.2, 0) is 4.79 Å². The van der Waals surface area contributed by atoms with Crippen LogP contribution in [0.5, 0.6) is 0 Å². The van der Waals surface area contributed by atoms with Crippen LogP contribution in [0.2, 0.25) is 0 Å². The van der Waals surface area contributed by atoms with Crippen LogP contribution in [0.25, 0.3) is 0 Å². The molecule has 5 heteroatoms. The molecule has 4 nitrogen and oxygen atoms in total. The molecule has 3 rings (SSSR count). The summed E-state index contributed by atoms with van der Waals surface area (Å²) in [5.74, 6) is 0.186. The summed E-state index contributed by atoms with van der Waals surface area (Å²) in [5, 5.41) is 7.12. The van der Waals surface area contributed by atoms with Crippen LogP contribution in [0.15, 0.2) is 48.5 Å². The fraction of sp³-hybridized carbons (Fsp3) is 0.300. The molecular weight excluding hydrogens is 330 g/mol. The maximum absolute atomic E-state index is 11.9. The topological polar surface area (TPSA) is 44.4 Å². The molecule has 1 aliphatic rings. The number of nitrogens with zero attached hydrogens (tertiary/aromatic N) is 1. The third-order valence-electron chi connectivity index (χ3n) is 4.49. The molecule has 2 N–H and O–H groups in total. The van der Waals surface area contributed by atoms with Gasteiger partial charge in [-0.3, -0.25) is 4.79 Å². The summed E-state index contributed by atoms with van der Waals surface area (Å²) in [6.07, 6.45) is 1.55. The van der Waals surface area contributed by atoms with Gasteiger partial charge in [-0.05, 0) is 61.8 Å². The SMILES string of the molecule is Cc1ccccc1[C@@H](C)NC(=S)Nc1cccc(N2CCCC2=O)c1. The minimum Gasteiger partial charge on any atom is -0.356 e. The Morgan fingerprint density at radius 2 is 2.00 bits per heavy atom. The second-order valence-corrected chi connectivity index (χ2v) is 6.78. The molecule has 0 aliphatic carbocycles. The monoisotopic (exact) mass is 353 g/mol. The van der Waals surface area contributed by atoms with Crippen LogP contribution in [-0.4, -0.2) is 17.6 Å². The first kappa shape index (κ1) is 17.4. The Kier molecular flexibility index (Phi) is 5.34. The van der Waals surface area contributed by atoms with Gasteiger partial charge >= 0.3 is 0 Å². The van der Waals surface area contributed by atoms with Crippen molar-refractivity contribution in [2.45, 2.75) is 32.7 Å². The first-order valence-corrected chi connectivity index (χ1v) is 8.99. The minimum absolute atomic E-state index is 0.115. The summed E-state index contributed by atoms with van der Waals surface area (Å²) < 4.78 is 0. The van der Waals surface area contributed by atoms with Gasteiger partial charge in [0.05, 0.1) is 6.04 Å². The Morgan fingerprint density at radius 3 is 2.72 bits per heavy atom. The molecule has 1 fully saturated rings.